The van der Waals surface area contributed by atoms with Crippen LogP contribution in [0.5, 0.6) is 0 Å². The van der Waals surface area contributed by atoms with Gasteiger partial charge in [-0.15, -0.1) is 5.10 Å². The number of aromatic amines is 1. The van der Waals surface area contributed by atoms with Crippen molar-refractivity contribution in [3.63, 3.8) is 0 Å². The van der Waals surface area contributed by atoms with Crippen molar-refractivity contribution in [2.45, 2.75) is 19.0 Å². The molecule has 1 aromatic heterocycles. The number of benzene rings is 1. The van der Waals surface area contributed by atoms with E-state index in [2.05, 4.69) is 20.5 Å². The molecule has 0 aliphatic rings. The molecule has 0 radical (unpaired) electrons. The fourth-order valence-electron chi connectivity index (χ4n) is 1.50. The molecule has 0 aliphatic heterocycles. The predicted molar refractivity (Wildman–Crippen MR) is 71.9 cm³/mol. The van der Waals surface area contributed by atoms with Crippen LogP contribution in [0.15, 0.2) is 29.4 Å². The van der Waals surface area contributed by atoms with Crippen LogP contribution in [0.3, 0.4) is 0 Å². The smallest absolute Gasteiger partial charge is 0.258 e. The molecule has 5 nitrogen and oxygen atoms in total. The van der Waals surface area contributed by atoms with Crippen molar-refractivity contribution in [3.05, 3.63) is 35.4 Å². The van der Waals surface area contributed by atoms with Crippen LogP contribution >= 0.6 is 11.8 Å². The van der Waals surface area contributed by atoms with Crippen molar-refractivity contribution in [2.24, 2.45) is 0 Å². The van der Waals surface area contributed by atoms with Crippen molar-refractivity contribution in [1.29, 1.82) is 0 Å². The number of carbonyl (C=O) groups is 1. The van der Waals surface area contributed by atoms with Crippen LogP contribution in [0.1, 0.15) is 22.8 Å². The minimum Gasteiger partial charge on any atom is -0.291 e. The first-order chi connectivity index (χ1) is 8.70. The maximum Gasteiger partial charge on any atom is 0.258 e. The van der Waals surface area contributed by atoms with Gasteiger partial charge in [-0.25, -0.2) is 5.10 Å². The van der Waals surface area contributed by atoms with E-state index in [0.717, 1.165) is 11.3 Å². The van der Waals surface area contributed by atoms with E-state index in [1.165, 1.54) is 11.8 Å². The van der Waals surface area contributed by atoms with Crippen LogP contribution in [0, 0.1) is 6.92 Å². The number of nitrogens with one attached hydrogen (secondary N) is 2. The second-order valence-electron chi connectivity index (χ2n) is 3.67. The van der Waals surface area contributed by atoms with Crippen LogP contribution in [0.4, 0.5) is 5.95 Å². The first-order valence-electron chi connectivity index (χ1n) is 5.63. The molecule has 1 heterocycles. The van der Waals surface area contributed by atoms with Gasteiger partial charge in [-0.2, -0.15) is 4.98 Å². The van der Waals surface area contributed by atoms with E-state index in [4.69, 9.17) is 0 Å². The summed E-state index contributed by atoms with van der Waals surface area (Å²) in [5.41, 5.74) is 1.57. The van der Waals surface area contributed by atoms with Crippen molar-refractivity contribution < 1.29 is 4.79 Å². The Morgan fingerprint density at radius 3 is 2.94 bits per heavy atom. The molecule has 6 heteroatoms. The van der Waals surface area contributed by atoms with E-state index in [-0.39, 0.29) is 5.91 Å². The van der Waals surface area contributed by atoms with Gasteiger partial charge in [0.15, 0.2) is 0 Å². The number of H-pyrrole nitrogens is 1. The zero-order chi connectivity index (χ0) is 13.0. The summed E-state index contributed by atoms with van der Waals surface area (Å²) >= 11 is 1.52. The van der Waals surface area contributed by atoms with Crippen molar-refractivity contribution in [3.8, 4) is 0 Å². The number of thioether (sulfide) groups is 1. The molecule has 0 atom stereocenters. The van der Waals surface area contributed by atoms with Crippen LogP contribution in [0.2, 0.25) is 0 Å². The van der Waals surface area contributed by atoms with E-state index in [0.29, 0.717) is 16.7 Å². The largest absolute Gasteiger partial charge is 0.291 e. The number of hydrogen-bond donors (Lipinski definition) is 2. The third kappa shape index (κ3) is 2.89. The van der Waals surface area contributed by atoms with Gasteiger partial charge < -0.3 is 0 Å². The first-order valence-corrected chi connectivity index (χ1v) is 6.61. The zero-order valence-corrected chi connectivity index (χ0v) is 11.0. The molecule has 94 valence electrons. The van der Waals surface area contributed by atoms with E-state index in [1.807, 2.05) is 32.0 Å². The summed E-state index contributed by atoms with van der Waals surface area (Å²) in [6.07, 6.45) is 0. The summed E-state index contributed by atoms with van der Waals surface area (Å²) in [5.74, 6) is 1.08. The molecule has 2 N–H and O–H groups in total. The number of amides is 1. The molecule has 18 heavy (non-hydrogen) atoms. The molecule has 2 rings (SSSR count). The number of rotatable bonds is 4. The van der Waals surface area contributed by atoms with Crippen LogP contribution in [0.25, 0.3) is 0 Å². The Balaban J connectivity index is 2.09. The Hall–Kier alpha value is -1.82. The van der Waals surface area contributed by atoms with Gasteiger partial charge in [-0.3, -0.25) is 10.1 Å². The van der Waals surface area contributed by atoms with E-state index < -0.39 is 0 Å². The molecule has 0 saturated heterocycles. The van der Waals surface area contributed by atoms with Gasteiger partial charge >= 0.3 is 0 Å². The Labute approximate surface area is 109 Å². The fraction of sp³-hybridized carbons (Fsp3) is 0.250. The molecular weight excluding hydrogens is 248 g/mol. The number of carbonyl (C=O) groups excluding carboxylic acids is 1. The summed E-state index contributed by atoms with van der Waals surface area (Å²) in [6.45, 7) is 3.92. The highest BCUT2D eigenvalue weighted by atomic mass is 32.2. The molecule has 0 aliphatic carbocycles. The molecular formula is C12H14N4OS. The Kier molecular flexibility index (Phi) is 3.99. The lowest BCUT2D eigenvalue weighted by molar-refractivity contribution is 0.102. The summed E-state index contributed by atoms with van der Waals surface area (Å²) in [4.78, 5) is 16.2. The van der Waals surface area contributed by atoms with Gasteiger partial charge in [0.25, 0.3) is 5.91 Å². The van der Waals surface area contributed by atoms with Crippen LogP contribution in [-0.2, 0) is 0 Å². The zero-order valence-electron chi connectivity index (χ0n) is 10.2. The number of anilines is 1. The highest BCUT2D eigenvalue weighted by Gasteiger charge is 2.11. The second kappa shape index (κ2) is 5.68. The van der Waals surface area contributed by atoms with Gasteiger partial charge in [-0.1, -0.05) is 36.9 Å². The molecule has 0 saturated carbocycles. The molecule has 1 aromatic carbocycles. The maximum atomic E-state index is 12.0. The van der Waals surface area contributed by atoms with Gasteiger partial charge in [-0.05, 0) is 24.3 Å². The SMILES string of the molecule is CCSc1n[nH]c(NC(=O)c2ccccc2C)n1. The average Bonchev–Trinajstić information content (AvgIpc) is 2.77. The standard InChI is InChI=1S/C12H14N4OS/c1-3-18-12-14-11(15-16-12)13-10(17)9-7-5-4-6-8(9)2/h4-7H,3H2,1-2H3,(H2,13,14,15,16,17). The summed E-state index contributed by atoms with van der Waals surface area (Å²) < 4.78 is 0. The lowest BCUT2D eigenvalue weighted by Crippen LogP contribution is -2.14. The molecule has 1 amide bonds. The number of hydrogen-bond acceptors (Lipinski definition) is 4. The van der Waals surface area contributed by atoms with Crippen LogP contribution in [-0.4, -0.2) is 26.8 Å². The molecule has 0 spiro atoms. The minimum atomic E-state index is -0.183. The average molecular weight is 262 g/mol. The van der Waals surface area contributed by atoms with Gasteiger partial charge in [0.2, 0.25) is 11.1 Å². The maximum absolute atomic E-state index is 12.0. The lowest BCUT2D eigenvalue weighted by Gasteiger charge is -2.04. The highest BCUT2D eigenvalue weighted by Crippen LogP contribution is 2.14. The Morgan fingerprint density at radius 1 is 1.44 bits per heavy atom. The first kappa shape index (κ1) is 12.6. The molecule has 2 aromatic rings. The van der Waals surface area contributed by atoms with Crippen molar-refractivity contribution >= 4 is 23.6 Å². The van der Waals surface area contributed by atoms with Crippen LogP contribution < -0.4 is 5.32 Å². The van der Waals surface area contributed by atoms with Gasteiger partial charge in [0.1, 0.15) is 0 Å². The fourth-order valence-corrected chi connectivity index (χ4v) is 2.02. The quantitative estimate of drug-likeness (QED) is 0.830. The third-order valence-electron chi connectivity index (χ3n) is 2.36. The molecule has 0 bridgehead atoms. The monoisotopic (exact) mass is 262 g/mol. The molecule has 0 fully saturated rings. The predicted octanol–water partition coefficient (Wildman–Crippen LogP) is 2.48. The van der Waals surface area contributed by atoms with E-state index in [1.54, 1.807) is 6.07 Å². The van der Waals surface area contributed by atoms with Crippen molar-refractivity contribution in [1.82, 2.24) is 15.2 Å². The Bertz CT molecular complexity index is 553. The summed E-state index contributed by atoms with van der Waals surface area (Å²) in [6, 6.07) is 7.41. The van der Waals surface area contributed by atoms with E-state index >= 15 is 0 Å². The normalized spacial score (nSPS) is 10.3. The number of aromatic nitrogens is 3. The van der Waals surface area contributed by atoms with Gasteiger partial charge in [0, 0.05) is 5.56 Å². The second-order valence-corrected chi connectivity index (χ2v) is 4.90. The Morgan fingerprint density at radius 2 is 2.22 bits per heavy atom. The minimum absolute atomic E-state index is 0.183. The lowest BCUT2D eigenvalue weighted by atomic mass is 10.1. The highest BCUT2D eigenvalue weighted by molar-refractivity contribution is 7.99. The van der Waals surface area contributed by atoms with Gasteiger partial charge in [0.05, 0.1) is 0 Å². The topological polar surface area (TPSA) is 70.7 Å². The number of nitrogens with zero attached hydrogens (tertiary/aromatic N) is 2. The summed E-state index contributed by atoms with van der Waals surface area (Å²) in [7, 11) is 0. The molecule has 0 unspecified atom stereocenters. The summed E-state index contributed by atoms with van der Waals surface area (Å²) in [5, 5.41) is 10.0. The van der Waals surface area contributed by atoms with Crippen molar-refractivity contribution in [2.75, 3.05) is 11.1 Å². The number of aryl methyl sites for hydroxylation is 1. The third-order valence-corrected chi connectivity index (χ3v) is 3.09. The van der Waals surface area contributed by atoms with E-state index in [9.17, 15) is 4.79 Å².